The number of hydrogen-bond acceptors (Lipinski definition) is 1. The molecular formula is C56H61N. The van der Waals surface area contributed by atoms with Crippen molar-refractivity contribution in [3.8, 4) is 22.3 Å². The average molecular weight is 748 g/mol. The van der Waals surface area contributed by atoms with Crippen LogP contribution in [0.1, 0.15) is 140 Å². The number of benzene rings is 5. The smallest absolute Gasteiger partial charge is 0.0546 e. The summed E-state index contributed by atoms with van der Waals surface area (Å²) in [5.74, 6) is 3.49. The Morgan fingerprint density at radius 3 is 1.65 bits per heavy atom. The Labute approximate surface area is 342 Å². The molecule has 0 radical (unpaired) electrons. The highest BCUT2D eigenvalue weighted by molar-refractivity contribution is 6.03. The van der Waals surface area contributed by atoms with Crippen LogP contribution in [0.25, 0.3) is 22.3 Å². The van der Waals surface area contributed by atoms with Gasteiger partial charge in [0.25, 0.3) is 0 Å². The van der Waals surface area contributed by atoms with Crippen LogP contribution >= 0.6 is 0 Å². The maximum absolute atomic E-state index is 2.80. The number of anilines is 3. The van der Waals surface area contributed by atoms with Crippen molar-refractivity contribution < 1.29 is 0 Å². The van der Waals surface area contributed by atoms with Crippen molar-refractivity contribution in [3.05, 3.63) is 137 Å². The number of hydrogen-bond donors (Lipinski definition) is 0. The molecule has 7 aliphatic carbocycles. The number of fused-ring (bicyclic) bond motifs is 10. The van der Waals surface area contributed by atoms with Gasteiger partial charge in [-0.2, -0.15) is 0 Å². The van der Waals surface area contributed by atoms with Gasteiger partial charge in [-0.25, -0.2) is 0 Å². The van der Waals surface area contributed by atoms with Gasteiger partial charge in [-0.3, -0.25) is 0 Å². The van der Waals surface area contributed by atoms with Gasteiger partial charge in [0, 0.05) is 11.0 Å². The maximum Gasteiger partial charge on any atom is 0.0546 e. The molecule has 4 saturated carbocycles. The Morgan fingerprint density at radius 2 is 1.02 bits per heavy atom. The minimum absolute atomic E-state index is 0.0341. The molecule has 1 nitrogen and oxygen atoms in total. The third kappa shape index (κ3) is 4.13. The molecule has 7 aliphatic rings. The molecule has 4 fully saturated rings. The lowest BCUT2D eigenvalue weighted by Gasteiger charge is -2.76. The molecule has 6 unspecified atom stereocenters. The standard InChI is InChI=1S/C56H61N/c1-51(2)26-28-53(5,6)49-40(51)20-14-22-43(49)57(44-23-15-21-41-50(44)54(7,8)29-27-52(41,3)4)42-25-24-39-48(47(42)35-16-10-9-11-17-35)37-18-12-13-19-38(37)56(39)45-31-34-30-36-32-46(56)55(36,45)33-34/h9-25,34,36,45-46H,26-33H2,1-8H3. The summed E-state index contributed by atoms with van der Waals surface area (Å²) in [6.07, 6.45) is 10.6. The molecule has 5 aromatic carbocycles. The first-order valence-electron chi connectivity index (χ1n) is 22.6. The normalized spacial score (nSPS) is 31.6. The fourth-order valence-corrected chi connectivity index (χ4v) is 15.6. The lowest BCUT2D eigenvalue weighted by molar-refractivity contribution is -0.231. The number of rotatable bonds is 4. The van der Waals surface area contributed by atoms with Crippen molar-refractivity contribution in [2.75, 3.05) is 4.90 Å². The van der Waals surface area contributed by atoms with E-state index in [0.717, 1.165) is 23.7 Å². The van der Waals surface area contributed by atoms with E-state index in [4.69, 9.17) is 0 Å². The van der Waals surface area contributed by atoms with E-state index in [1.807, 2.05) is 0 Å². The van der Waals surface area contributed by atoms with E-state index in [0.29, 0.717) is 5.41 Å². The first-order valence-corrected chi connectivity index (χ1v) is 22.6. The van der Waals surface area contributed by atoms with Gasteiger partial charge in [0.15, 0.2) is 0 Å². The highest BCUT2D eigenvalue weighted by Crippen LogP contribution is 2.90. The maximum atomic E-state index is 2.80. The zero-order valence-electron chi connectivity index (χ0n) is 35.7. The summed E-state index contributed by atoms with van der Waals surface area (Å²) in [4.78, 5) is 2.80. The van der Waals surface area contributed by atoms with Crippen molar-refractivity contribution in [1.82, 2.24) is 0 Å². The topological polar surface area (TPSA) is 3.24 Å². The lowest BCUT2D eigenvalue weighted by atomic mass is 9.27. The minimum atomic E-state index is 0.0341. The zero-order valence-corrected chi connectivity index (χ0v) is 35.7. The molecule has 0 heterocycles. The molecule has 0 N–H and O–H groups in total. The van der Waals surface area contributed by atoms with Gasteiger partial charge in [-0.05, 0) is 170 Å². The Balaban J connectivity index is 1.21. The summed E-state index contributed by atoms with van der Waals surface area (Å²) in [7, 11) is 0. The van der Waals surface area contributed by atoms with Gasteiger partial charge in [-0.15, -0.1) is 0 Å². The SMILES string of the molecule is CC1(C)CCC(C)(C)c2c(N(c3ccc4c(c3-c3ccccc3)-c3ccccc3C43C4CC5CC6CC3C64C5)c3cccc4c3C(C)(C)CCC4(C)C)cccc21. The average Bonchev–Trinajstić information content (AvgIpc) is 3.83. The van der Waals surface area contributed by atoms with Crippen LogP contribution in [-0.2, 0) is 27.1 Å². The van der Waals surface area contributed by atoms with E-state index < -0.39 is 0 Å². The van der Waals surface area contributed by atoms with Gasteiger partial charge < -0.3 is 4.90 Å². The van der Waals surface area contributed by atoms with Crippen molar-refractivity contribution in [1.29, 1.82) is 0 Å². The van der Waals surface area contributed by atoms with Gasteiger partial charge in [0.1, 0.15) is 0 Å². The van der Waals surface area contributed by atoms with Crippen molar-refractivity contribution in [3.63, 3.8) is 0 Å². The summed E-state index contributed by atoms with van der Waals surface area (Å²) < 4.78 is 0. The Kier molecular flexibility index (Phi) is 6.69. The van der Waals surface area contributed by atoms with E-state index in [9.17, 15) is 0 Å². The Hall–Kier alpha value is -4.10. The molecule has 0 saturated heterocycles. The van der Waals surface area contributed by atoms with Crippen LogP contribution in [-0.4, -0.2) is 0 Å². The molecule has 2 bridgehead atoms. The highest BCUT2D eigenvalue weighted by atomic mass is 15.2. The van der Waals surface area contributed by atoms with Crippen LogP contribution in [0.3, 0.4) is 0 Å². The van der Waals surface area contributed by atoms with Crippen LogP contribution in [0.5, 0.6) is 0 Å². The summed E-state index contributed by atoms with van der Waals surface area (Å²) in [6.45, 7) is 20.0. The molecule has 57 heavy (non-hydrogen) atoms. The summed E-state index contributed by atoms with van der Waals surface area (Å²) >= 11 is 0. The molecule has 5 aromatic rings. The first kappa shape index (κ1) is 34.9. The Morgan fingerprint density at radius 1 is 0.456 bits per heavy atom. The minimum Gasteiger partial charge on any atom is -0.309 e. The molecule has 2 spiro atoms. The third-order valence-electron chi connectivity index (χ3n) is 18.2. The molecule has 6 atom stereocenters. The van der Waals surface area contributed by atoms with Crippen LogP contribution in [0.15, 0.2) is 103 Å². The molecule has 290 valence electrons. The predicted molar refractivity (Wildman–Crippen MR) is 238 cm³/mol. The predicted octanol–water partition coefficient (Wildman–Crippen LogP) is 14.9. The van der Waals surface area contributed by atoms with Crippen molar-refractivity contribution >= 4 is 17.1 Å². The third-order valence-corrected chi connectivity index (χ3v) is 18.2. The van der Waals surface area contributed by atoms with Crippen molar-refractivity contribution in [2.24, 2.45) is 29.1 Å². The summed E-state index contributed by atoms with van der Waals surface area (Å²) in [6, 6.07) is 41.3. The molecule has 12 rings (SSSR count). The first-order chi connectivity index (χ1) is 27.2. The largest absolute Gasteiger partial charge is 0.309 e. The molecule has 0 aromatic heterocycles. The van der Waals surface area contributed by atoms with E-state index >= 15 is 0 Å². The number of nitrogens with zero attached hydrogens (tertiary/aromatic N) is 1. The van der Waals surface area contributed by atoms with Gasteiger partial charge in [0.2, 0.25) is 0 Å². The molecule has 1 heteroatoms. The lowest BCUT2D eigenvalue weighted by Crippen LogP contribution is -2.73. The van der Waals surface area contributed by atoms with Gasteiger partial charge >= 0.3 is 0 Å². The zero-order chi connectivity index (χ0) is 39.1. The van der Waals surface area contributed by atoms with Crippen LogP contribution in [0.4, 0.5) is 17.1 Å². The Bertz CT molecular complexity index is 2450. The summed E-state index contributed by atoms with van der Waals surface area (Å²) in [5.41, 5.74) is 20.3. The summed E-state index contributed by atoms with van der Waals surface area (Å²) in [5, 5.41) is 0. The van der Waals surface area contributed by atoms with E-state index in [1.54, 1.807) is 11.1 Å². The second-order valence-corrected chi connectivity index (χ2v) is 22.6. The van der Waals surface area contributed by atoms with Crippen LogP contribution in [0, 0.1) is 29.1 Å². The van der Waals surface area contributed by atoms with Crippen molar-refractivity contribution in [2.45, 2.75) is 134 Å². The van der Waals surface area contributed by atoms with Crippen LogP contribution in [0.2, 0.25) is 0 Å². The van der Waals surface area contributed by atoms with E-state index in [1.165, 1.54) is 113 Å². The highest BCUT2D eigenvalue weighted by Gasteiger charge is 2.84. The molecular weight excluding hydrogens is 687 g/mol. The second kappa shape index (κ2) is 10.9. The molecule has 0 amide bonds. The van der Waals surface area contributed by atoms with E-state index in [2.05, 4.69) is 163 Å². The quantitative estimate of drug-likeness (QED) is 0.177. The van der Waals surface area contributed by atoms with Gasteiger partial charge in [0.05, 0.1) is 17.1 Å². The monoisotopic (exact) mass is 747 g/mol. The van der Waals surface area contributed by atoms with E-state index in [-0.39, 0.29) is 27.1 Å². The second-order valence-electron chi connectivity index (χ2n) is 22.6. The fourth-order valence-electron chi connectivity index (χ4n) is 15.6. The van der Waals surface area contributed by atoms with Gasteiger partial charge in [-0.1, -0.05) is 140 Å². The molecule has 0 aliphatic heterocycles. The van der Waals surface area contributed by atoms with Crippen LogP contribution < -0.4 is 4.90 Å². The fraction of sp³-hybridized carbons (Fsp3) is 0.464.